The molecule has 0 saturated carbocycles. The Morgan fingerprint density at radius 1 is 1.04 bits per heavy atom. The van der Waals surface area contributed by atoms with E-state index in [-0.39, 0.29) is 23.5 Å². The zero-order chi connectivity index (χ0) is 20.5. The maximum absolute atomic E-state index is 12.4. The van der Waals surface area contributed by atoms with Crippen LogP contribution in [0.15, 0.2) is 66.9 Å². The standard InChI is InChI=1S/C22H22O6/c1-5-26-20(15(3)21(23)27-6-2)18-13-12-17(14-19(18)22(24)25-4)28-16-10-8-7-9-11-16/h5,7-14H,1,6H2,2-4H3/b20-15+. The Morgan fingerprint density at radius 3 is 2.36 bits per heavy atom. The van der Waals surface area contributed by atoms with Crippen molar-refractivity contribution in [2.45, 2.75) is 13.8 Å². The largest absolute Gasteiger partial charge is 0.465 e. The molecule has 0 unspecified atom stereocenters. The van der Waals surface area contributed by atoms with Crippen LogP contribution in [0.2, 0.25) is 0 Å². The Morgan fingerprint density at radius 2 is 1.75 bits per heavy atom. The minimum Gasteiger partial charge on any atom is -0.465 e. The van der Waals surface area contributed by atoms with Crippen molar-refractivity contribution in [1.29, 1.82) is 0 Å². The van der Waals surface area contributed by atoms with Crippen molar-refractivity contribution in [3.8, 4) is 11.5 Å². The second-order valence-electron chi connectivity index (χ2n) is 5.57. The van der Waals surface area contributed by atoms with Crippen LogP contribution in [0.1, 0.15) is 29.8 Å². The lowest BCUT2D eigenvalue weighted by Crippen LogP contribution is -2.11. The third kappa shape index (κ3) is 5.01. The number of hydrogen-bond acceptors (Lipinski definition) is 6. The summed E-state index contributed by atoms with van der Waals surface area (Å²) in [5.41, 5.74) is 0.734. The fourth-order valence-corrected chi connectivity index (χ4v) is 2.46. The minimum absolute atomic E-state index is 0.153. The van der Waals surface area contributed by atoms with Crippen LogP contribution in [-0.2, 0) is 19.0 Å². The van der Waals surface area contributed by atoms with Gasteiger partial charge in [0.25, 0.3) is 0 Å². The van der Waals surface area contributed by atoms with Crippen LogP contribution in [0.5, 0.6) is 11.5 Å². The lowest BCUT2D eigenvalue weighted by atomic mass is 10.0. The first kappa shape index (κ1) is 20.8. The Kier molecular flexibility index (Phi) is 7.39. The topological polar surface area (TPSA) is 71.1 Å². The molecular weight excluding hydrogens is 360 g/mol. The molecule has 0 aliphatic carbocycles. The summed E-state index contributed by atoms with van der Waals surface area (Å²) in [5, 5.41) is 0. The fraction of sp³-hybridized carbons (Fsp3) is 0.182. The first-order valence-corrected chi connectivity index (χ1v) is 8.63. The van der Waals surface area contributed by atoms with Gasteiger partial charge < -0.3 is 18.9 Å². The second kappa shape index (κ2) is 9.97. The van der Waals surface area contributed by atoms with E-state index in [9.17, 15) is 9.59 Å². The number of para-hydroxylation sites is 1. The number of benzene rings is 2. The molecule has 6 nitrogen and oxygen atoms in total. The van der Waals surface area contributed by atoms with Gasteiger partial charge in [0.15, 0.2) is 0 Å². The highest BCUT2D eigenvalue weighted by Gasteiger charge is 2.22. The molecule has 0 N–H and O–H groups in total. The second-order valence-corrected chi connectivity index (χ2v) is 5.57. The van der Waals surface area contributed by atoms with Gasteiger partial charge in [-0.3, -0.25) is 0 Å². The average Bonchev–Trinajstić information content (AvgIpc) is 2.72. The van der Waals surface area contributed by atoms with Crippen LogP contribution in [0.25, 0.3) is 5.76 Å². The molecule has 2 aromatic rings. The van der Waals surface area contributed by atoms with Gasteiger partial charge in [-0.15, -0.1) is 0 Å². The van der Waals surface area contributed by atoms with E-state index < -0.39 is 11.9 Å². The van der Waals surface area contributed by atoms with Gasteiger partial charge in [0.1, 0.15) is 17.3 Å². The molecule has 0 heterocycles. The van der Waals surface area contributed by atoms with Crippen LogP contribution in [0, 0.1) is 0 Å². The molecule has 0 saturated heterocycles. The van der Waals surface area contributed by atoms with Crippen molar-refractivity contribution < 1.29 is 28.5 Å². The third-order valence-electron chi connectivity index (χ3n) is 3.74. The van der Waals surface area contributed by atoms with E-state index in [1.165, 1.54) is 19.4 Å². The average molecular weight is 382 g/mol. The van der Waals surface area contributed by atoms with E-state index in [0.717, 1.165) is 0 Å². The van der Waals surface area contributed by atoms with E-state index in [2.05, 4.69) is 6.58 Å². The quantitative estimate of drug-likeness (QED) is 0.374. The molecule has 2 rings (SSSR count). The molecule has 0 aromatic heterocycles. The molecular formula is C22H22O6. The molecule has 0 atom stereocenters. The van der Waals surface area contributed by atoms with Crippen molar-refractivity contribution >= 4 is 17.7 Å². The molecule has 0 aliphatic rings. The Hall–Kier alpha value is -3.54. The van der Waals surface area contributed by atoms with Gasteiger partial charge >= 0.3 is 11.9 Å². The Balaban J connectivity index is 2.54. The maximum atomic E-state index is 12.4. The van der Waals surface area contributed by atoms with Crippen LogP contribution in [0.3, 0.4) is 0 Å². The predicted octanol–water partition coefficient (Wildman–Crippen LogP) is 4.72. The fourth-order valence-electron chi connectivity index (χ4n) is 2.46. The van der Waals surface area contributed by atoms with Gasteiger partial charge in [-0.2, -0.15) is 0 Å². The predicted molar refractivity (Wildman–Crippen MR) is 105 cm³/mol. The van der Waals surface area contributed by atoms with Crippen molar-refractivity contribution in [3.63, 3.8) is 0 Å². The normalized spacial score (nSPS) is 11.1. The number of ether oxygens (including phenoxy) is 4. The zero-order valence-electron chi connectivity index (χ0n) is 16.1. The number of methoxy groups -OCH3 is 1. The van der Waals surface area contributed by atoms with E-state index in [0.29, 0.717) is 17.1 Å². The van der Waals surface area contributed by atoms with Gasteiger partial charge in [0, 0.05) is 5.56 Å². The molecule has 6 heteroatoms. The molecule has 0 amide bonds. The van der Waals surface area contributed by atoms with Gasteiger partial charge in [0.05, 0.1) is 31.1 Å². The molecule has 0 aliphatic heterocycles. The van der Waals surface area contributed by atoms with Gasteiger partial charge in [-0.25, -0.2) is 9.59 Å². The van der Waals surface area contributed by atoms with E-state index in [1.807, 2.05) is 18.2 Å². The van der Waals surface area contributed by atoms with E-state index >= 15 is 0 Å². The van der Waals surface area contributed by atoms with Crippen LogP contribution < -0.4 is 4.74 Å². The van der Waals surface area contributed by atoms with Crippen molar-refractivity contribution in [3.05, 3.63) is 78.1 Å². The molecule has 28 heavy (non-hydrogen) atoms. The molecule has 2 aromatic carbocycles. The van der Waals surface area contributed by atoms with Crippen molar-refractivity contribution in [2.75, 3.05) is 13.7 Å². The molecule has 0 fully saturated rings. The van der Waals surface area contributed by atoms with Gasteiger partial charge in [-0.05, 0) is 44.2 Å². The summed E-state index contributed by atoms with van der Waals surface area (Å²) in [5.74, 6) is 0.0455. The summed E-state index contributed by atoms with van der Waals surface area (Å²) in [7, 11) is 1.27. The highest BCUT2D eigenvalue weighted by atomic mass is 16.5. The highest BCUT2D eigenvalue weighted by molar-refractivity contribution is 6.01. The lowest BCUT2D eigenvalue weighted by Gasteiger charge is -2.15. The first-order chi connectivity index (χ1) is 13.5. The minimum atomic E-state index is -0.602. The summed E-state index contributed by atoms with van der Waals surface area (Å²) >= 11 is 0. The smallest absolute Gasteiger partial charge is 0.338 e. The molecule has 0 spiro atoms. The number of hydrogen-bond donors (Lipinski definition) is 0. The summed E-state index contributed by atoms with van der Waals surface area (Å²) in [6.07, 6.45) is 1.17. The van der Waals surface area contributed by atoms with Crippen LogP contribution in [0.4, 0.5) is 0 Å². The number of carbonyl (C=O) groups excluding carboxylic acids is 2. The summed E-state index contributed by atoms with van der Waals surface area (Å²) < 4.78 is 21.1. The molecule has 0 bridgehead atoms. The molecule has 0 radical (unpaired) electrons. The molecule has 146 valence electrons. The summed E-state index contributed by atoms with van der Waals surface area (Å²) in [4.78, 5) is 24.5. The van der Waals surface area contributed by atoms with Gasteiger partial charge in [0.2, 0.25) is 0 Å². The maximum Gasteiger partial charge on any atom is 0.338 e. The summed E-state index contributed by atoms with van der Waals surface area (Å²) in [6.45, 7) is 7.00. The number of esters is 2. The lowest BCUT2D eigenvalue weighted by molar-refractivity contribution is -0.138. The summed E-state index contributed by atoms with van der Waals surface area (Å²) in [6, 6.07) is 14.0. The van der Waals surface area contributed by atoms with Crippen molar-refractivity contribution in [1.82, 2.24) is 0 Å². The van der Waals surface area contributed by atoms with Crippen LogP contribution in [-0.4, -0.2) is 25.7 Å². The Labute approximate surface area is 164 Å². The van der Waals surface area contributed by atoms with Crippen LogP contribution >= 0.6 is 0 Å². The van der Waals surface area contributed by atoms with E-state index in [4.69, 9.17) is 18.9 Å². The zero-order valence-corrected chi connectivity index (χ0v) is 16.1. The Bertz CT molecular complexity index is 883. The highest BCUT2D eigenvalue weighted by Crippen LogP contribution is 2.30. The number of rotatable bonds is 8. The monoisotopic (exact) mass is 382 g/mol. The van der Waals surface area contributed by atoms with Gasteiger partial charge in [-0.1, -0.05) is 24.8 Å². The number of carbonyl (C=O) groups is 2. The first-order valence-electron chi connectivity index (χ1n) is 8.63. The van der Waals surface area contributed by atoms with E-state index in [1.54, 1.807) is 38.1 Å². The third-order valence-corrected chi connectivity index (χ3v) is 3.74. The SMILES string of the molecule is C=CO/C(=C(\C)C(=O)OCC)c1ccc(Oc2ccccc2)cc1C(=O)OC. The van der Waals surface area contributed by atoms with Crippen molar-refractivity contribution in [2.24, 2.45) is 0 Å².